The van der Waals surface area contributed by atoms with Crippen LogP contribution in [-0.2, 0) is 4.79 Å². The fourth-order valence-electron chi connectivity index (χ4n) is 2.02. The summed E-state index contributed by atoms with van der Waals surface area (Å²) in [5, 5.41) is 3.55. The summed E-state index contributed by atoms with van der Waals surface area (Å²) in [6, 6.07) is 14.3. The van der Waals surface area contributed by atoms with Gasteiger partial charge >= 0.3 is 0 Å². The number of amides is 1. The molecule has 0 atom stereocenters. The van der Waals surface area contributed by atoms with E-state index in [9.17, 15) is 4.79 Å². The fourth-order valence-corrected chi connectivity index (χ4v) is 4.16. The second-order valence-electron chi connectivity index (χ2n) is 5.00. The van der Waals surface area contributed by atoms with Crippen molar-refractivity contribution >= 4 is 56.1 Å². The van der Waals surface area contributed by atoms with E-state index in [0.717, 1.165) is 15.1 Å². The Bertz CT molecular complexity index is 827. The van der Waals surface area contributed by atoms with Crippen LogP contribution in [0.1, 0.15) is 5.56 Å². The maximum absolute atomic E-state index is 12.1. The van der Waals surface area contributed by atoms with Crippen LogP contribution in [0.25, 0.3) is 10.2 Å². The molecule has 0 radical (unpaired) electrons. The molecule has 23 heavy (non-hydrogen) atoms. The van der Waals surface area contributed by atoms with Gasteiger partial charge in [-0.2, -0.15) is 0 Å². The molecule has 0 bridgehead atoms. The third-order valence-electron chi connectivity index (χ3n) is 3.23. The third kappa shape index (κ3) is 4.28. The number of aromatic nitrogens is 1. The first-order chi connectivity index (χ1) is 11.1. The molecule has 0 spiro atoms. The minimum Gasteiger partial charge on any atom is -0.301 e. The molecular weight excluding hydrogens is 344 g/mol. The van der Waals surface area contributed by atoms with Crippen LogP contribution in [0.4, 0.5) is 5.13 Å². The van der Waals surface area contributed by atoms with Crippen LogP contribution in [0.5, 0.6) is 0 Å². The van der Waals surface area contributed by atoms with E-state index >= 15 is 0 Å². The Morgan fingerprint density at radius 2 is 1.91 bits per heavy atom. The maximum Gasteiger partial charge on any atom is 0.236 e. The van der Waals surface area contributed by atoms with Gasteiger partial charge in [-0.05, 0) is 43.5 Å². The number of aryl methyl sites for hydroxylation is 1. The summed E-state index contributed by atoms with van der Waals surface area (Å²) < 4.78 is 1.10. The Kier molecular flexibility index (Phi) is 5.25. The first-order valence-electron chi connectivity index (χ1n) is 7.08. The molecule has 6 heteroatoms. The van der Waals surface area contributed by atoms with Crippen molar-refractivity contribution in [2.24, 2.45) is 0 Å². The summed E-state index contributed by atoms with van der Waals surface area (Å²) in [5.74, 6) is 0.356. The van der Waals surface area contributed by atoms with Gasteiger partial charge in [0.1, 0.15) is 0 Å². The second kappa shape index (κ2) is 7.38. The normalized spacial score (nSPS) is 10.9. The predicted octanol–water partition coefficient (Wildman–Crippen LogP) is 5.06. The largest absolute Gasteiger partial charge is 0.301 e. The van der Waals surface area contributed by atoms with Crippen molar-refractivity contribution < 1.29 is 4.79 Å². The van der Waals surface area contributed by atoms with Gasteiger partial charge in [-0.3, -0.25) is 4.79 Å². The number of hydrogen-bond acceptors (Lipinski definition) is 5. The molecule has 3 nitrogen and oxygen atoms in total. The lowest BCUT2D eigenvalue weighted by Crippen LogP contribution is -2.13. The summed E-state index contributed by atoms with van der Waals surface area (Å²) in [5.41, 5.74) is 2.15. The molecule has 1 N–H and O–H groups in total. The maximum atomic E-state index is 12.1. The van der Waals surface area contributed by atoms with Gasteiger partial charge < -0.3 is 5.32 Å². The van der Waals surface area contributed by atoms with E-state index in [0.29, 0.717) is 10.9 Å². The predicted molar refractivity (Wildman–Crippen MR) is 102 cm³/mol. The highest BCUT2D eigenvalue weighted by Crippen LogP contribution is 2.29. The minimum absolute atomic E-state index is 0.0280. The number of benzene rings is 2. The number of anilines is 1. The van der Waals surface area contributed by atoms with Crippen LogP contribution >= 0.6 is 34.9 Å². The highest BCUT2D eigenvalue weighted by Gasteiger charge is 2.09. The van der Waals surface area contributed by atoms with E-state index in [2.05, 4.69) is 35.4 Å². The van der Waals surface area contributed by atoms with Gasteiger partial charge in [0.25, 0.3) is 0 Å². The van der Waals surface area contributed by atoms with E-state index in [1.807, 2.05) is 30.5 Å². The molecular formula is C17H16N2OS3. The molecule has 2 aromatic carbocycles. The average Bonchev–Trinajstić information content (AvgIpc) is 2.95. The number of nitrogens with zero attached hydrogens (tertiary/aromatic N) is 1. The van der Waals surface area contributed by atoms with Crippen molar-refractivity contribution in [1.82, 2.24) is 4.98 Å². The van der Waals surface area contributed by atoms with Crippen molar-refractivity contribution in [3.05, 3.63) is 48.0 Å². The number of carbonyl (C=O) groups is 1. The molecule has 118 valence electrons. The molecule has 0 fully saturated rings. The topological polar surface area (TPSA) is 42.0 Å². The van der Waals surface area contributed by atoms with Crippen LogP contribution in [-0.4, -0.2) is 22.9 Å². The summed E-state index contributed by atoms with van der Waals surface area (Å²) >= 11 is 4.75. The molecule has 0 aliphatic rings. The zero-order valence-corrected chi connectivity index (χ0v) is 15.3. The Labute approximate surface area is 147 Å². The van der Waals surface area contributed by atoms with Crippen LogP contribution in [0, 0.1) is 6.92 Å². The second-order valence-corrected chi connectivity index (χ2v) is 7.96. The van der Waals surface area contributed by atoms with Crippen molar-refractivity contribution in [2.45, 2.75) is 16.7 Å². The van der Waals surface area contributed by atoms with Gasteiger partial charge in [0.2, 0.25) is 5.91 Å². The number of thiazole rings is 1. The van der Waals surface area contributed by atoms with Crippen LogP contribution in [0.3, 0.4) is 0 Å². The Morgan fingerprint density at radius 1 is 1.17 bits per heavy atom. The number of thioether (sulfide) groups is 2. The zero-order chi connectivity index (χ0) is 16.2. The SMILES string of the molecule is CSc1ccc2nc(NC(=O)CSc3ccc(C)cc3)sc2c1. The third-order valence-corrected chi connectivity index (χ3v) is 5.90. The molecule has 3 rings (SSSR count). The standard InChI is InChI=1S/C17H16N2OS3/c1-11-3-5-12(6-4-11)22-10-16(20)19-17-18-14-8-7-13(21-2)9-15(14)23-17/h3-9H,10H2,1-2H3,(H,18,19,20). The first kappa shape index (κ1) is 16.4. The highest BCUT2D eigenvalue weighted by molar-refractivity contribution is 8.00. The fraction of sp³-hybridized carbons (Fsp3) is 0.176. The van der Waals surface area contributed by atoms with Crippen molar-refractivity contribution in [3.63, 3.8) is 0 Å². The molecule has 0 saturated heterocycles. The molecule has 3 aromatic rings. The smallest absolute Gasteiger partial charge is 0.236 e. The molecule has 0 aliphatic heterocycles. The van der Waals surface area contributed by atoms with Crippen LogP contribution in [0.2, 0.25) is 0 Å². The van der Waals surface area contributed by atoms with E-state index in [-0.39, 0.29) is 5.91 Å². The van der Waals surface area contributed by atoms with E-state index in [4.69, 9.17) is 0 Å². The molecule has 0 unspecified atom stereocenters. The minimum atomic E-state index is -0.0280. The lowest BCUT2D eigenvalue weighted by Gasteiger charge is -2.02. The van der Waals surface area contributed by atoms with Crippen molar-refractivity contribution in [1.29, 1.82) is 0 Å². The number of fused-ring (bicyclic) bond motifs is 1. The highest BCUT2D eigenvalue weighted by atomic mass is 32.2. The van der Waals surface area contributed by atoms with Gasteiger partial charge in [-0.25, -0.2) is 4.98 Å². The Hall–Kier alpha value is -1.50. The first-order valence-corrected chi connectivity index (χ1v) is 10.1. The molecule has 0 aliphatic carbocycles. The van der Waals surface area contributed by atoms with Gasteiger partial charge in [0.15, 0.2) is 5.13 Å². The van der Waals surface area contributed by atoms with Crippen molar-refractivity contribution in [2.75, 3.05) is 17.3 Å². The van der Waals surface area contributed by atoms with Crippen LogP contribution < -0.4 is 5.32 Å². The Balaban J connectivity index is 1.62. The molecule has 0 saturated carbocycles. The summed E-state index contributed by atoms with van der Waals surface area (Å²) in [6.07, 6.45) is 2.05. The number of hydrogen-bond donors (Lipinski definition) is 1. The van der Waals surface area contributed by atoms with E-state index in [1.54, 1.807) is 11.8 Å². The van der Waals surface area contributed by atoms with E-state index in [1.165, 1.54) is 33.6 Å². The lowest BCUT2D eigenvalue weighted by molar-refractivity contribution is -0.113. The number of nitrogens with one attached hydrogen (secondary N) is 1. The van der Waals surface area contributed by atoms with Gasteiger partial charge in [0.05, 0.1) is 16.0 Å². The van der Waals surface area contributed by atoms with Crippen molar-refractivity contribution in [3.8, 4) is 0 Å². The Morgan fingerprint density at radius 3 is 2.65 bits per heavy atom. The quantitative estimate of drug-likeness (QED) is 0.646. The van der Waals surface area contributed by atoms with E-state index < -0.39 is 0 Å². The monoisotopic (exact) mass is 360 g/mol. The number of rotatable bonds is 5. The zero-order valence-electron chi connectivity index (χ0n) is 12.8. The van der Waals surface area contributed by atoms with Gasteiger partial charge in [0, 0.05) is 9.79 Å². The lowest BCUT2D eigenvalue weighted by atomic mass is 10.2. The van der Waals surface area contributed by atoms with Crippen LogP contribution in [0.15, 0.2) is 52.3 Å². The summed E-state index contributed by atoms with van der Waals surface area (Å²) in [7, 11) is 0. The van der Waals surface area contributed by atoms with Gasteiger partial charge in [-0.1, -0.05) is 29.0 Å². The molecule has 1 amide bonds. The summed E-state index contributed by atoms with van der Waals surface area (Å²) in [6.45, 7) is 2.05. The molecule has 1 heterocycles. The average molecular weight is 361 g/mol. The van der Waals surface area contributed by atoms with Gasteiger partial charge in [-0.15, -0.1) is 23.5 Å². The number of carbonyl (C=O) groups excluding carboxylic acids is 1. The molecule has 1 aromatic heterocycles. The summed E-state index contributed by atoms with van der Waals surface area (Å²) in [4.78, 5) is 18.8.